The molecule has 45 heavy (non-hydrogen) atoms. The summed E-state index contributed by atoms with van der Waals surface area (Å²) in [5.74, 6) is 0.885. The zero-order valence-electron chi connectivity index (χ0n) is 25.7. The normalized spacial score (nSPS) is 14.0. The van der Waals surface area contributed by atoms with E-state index in [0.29, 0.717) is 17.7 Å². The molecule has 0 bridgehead atoms. The Morgan fingerprint density at radius 3 is 2.58 bits per heavy atom. The third-order valence-corrected chi connectivity index (χ3v) is 7.80. The largest absolute Gasteiger partial charge is 0.493 e. The fourth-order valence-corrected chi connectivity index (χ4v) is 5.91. The van der Waals surface area contributed by atoms with Crippen molar-refractivity contribution in [2.24, 2.45) is 0 Å². The molecule has 0 unspecified atom stereocenters. The van der Waals surface area contributed by atoms with Crippen molar-refractivity contribution < 1.29 is 32.2 Å². The number of halogens is 3. The van der Waals surface area contributed by atoms with Crippen LogP contribution in [0.5, 0.6) is 11.6 Å². The van der Waals surface area contributed by atoms with Crippen LogP contribution in [-0.4, -0.2) is 28.0 Å². The molecule has 3 heterocycles. The number of rotatable bonds is 7. The van der Waals surface area contributed by atoms with Crippen molar-refractivity contribution in [3.8, 4) is 22.8 Å². The van der Waals surface area contributed by atoms with E-state index in [1.807, 2.05) is 58.0 Å². The minimum Gasteiger partial charge on any atom is -0.493 e. The predicted octanol–water partition coefficient (Wildman–Crippen LogP) is 8.74. The highest BCUT2D eigenvalue weighted by molar-refractivity contribution is 6.08. The Morgan fingerprint density at radius 2 is 1.84 bits per heavy atom. The van der Waals surface area contributed by atoms with Crippen LogP contribution in [0, 0.1) is 6.92 Å². The Hall–Kier alpha value is -4.50. The molecule has 6 nitrogen and oxygen atoms in total. The lowest BCUT2D eigenvalue weighted by molar-refractivity contribution is -0.139. The summed E-state index contributed by atoms with van der Waals surface area (Å²) in [6.07, 6.45) is -2.75. The van der Waals surface area contributed by atoms with Gasteiger partial charge in [0.15, 0.2) is 5.78 Å². The van der Waals surface area contributed by atoms with Gasteiger partial charge in [0, 0.05) is 35.0 Å². The average Bonchev–Trinajstić information content (AvgIpc) is 2.98. The number of Topliss-reactive ketones (excluding diaryl/α,β-unsaturated/α-hetero) is 1. The lowest BCUT2D eigenvalue weighted by Gasteiger charge is -2.30. The Morgan fingerprint density at radius 1 is 1.04 bits per heavy atom. The number of carbonyl (C=O) groups is 1. The van der Waals surface area contributed by atoms with E-state index in [1.165, 1.54) is 13.0 Å². The van der Waals surface area contributed by atoms with Crippen LogP contribution in [0.15, 0.2) is 66.9 Å². The van der Waals surface area contributed by atoms with Crippen molar-refractivity contribution in [1.29, 1.82) is 0 Å². The summed E-state index contributed by atoms with van der Waals surface area (Å²) in [6, 6.07) is 16.4. The van der Waals surface area contributed by atoms with Crippen molar-refractivity contribution in [1.82, 2.24) is 9.97 Å². The number of pyridine rings is 2. The molecule has 1 aliphatic heterocycles. The van der Waals surface area contributed by atoms with E-state index in [-0.39, 0.29) is 18.3 Å². The van der Waals surface area contributed by atoms with E-state index in [4.69, 9.17) is 24.2 Å². The maximum absolute atomic E-state index is 13.2. The quantitative estimate of drug-likeness (QED) is 0.183. The topological polar surface area (TPSA) is 70.5 Å². The number of hydrogen-bond acceptors (Lipinski definition) is 6. The van der Waals surface area contributed by atoms with Crippen LogP contribution in [-0.2, 0) is 28.7 Å². The van der Waals surface area contributed by atoms with Gasteiger partial charge in [0.25, 0.3) is 0 Å². The van der Waals surface area contributed by atoms with Gasteiger partial charge in [-0.1, -0.05) is 12.1 Å². The third kappa shape index (κ3) is 6.09. The van der Waals surface area contributed by atoms with E-state index >= 15 is 0 Å². The van der Waals surface area contributed by atoms with E-state index in [2.05, 4.69) is 0 Å². The molecule has 0 fully saturated rings. The van der Waals surface area contributed by atoms with Gasteiger partial charge in [-0.2, -0.15) is 13.2 Å². The highest BCUT2D eigenvalue weighted by atomic mass is 19.4. The zero-order valence-corrected chi connectivity index (χ0v) is 25.7. The number of nitrogens with zero attached hydrogens (tertiary/aromatic N) is 2. The number of carbonyl (C=O) groups excluding carboxylic acids is 1. The van der Waals surface area contributed by atoms with E-state index in [0.717, 1.165) is 68.4 Å². The van der Waals surface area contributed by atoms with E-state index in [9.17, 15) is 18.0 Å². The molecule has 1 aliphatic rings. The van der Waals surface area contributed by atoms with Gasteiger partial charge in [-0.05, 0) is 105 Å². The summed E-state index contributed by atoms with van der Waals surface area (Å²) >= 11 is 0. The number of benzene rings is 3. The molecule has 5 aromatic rings. The first-order valence-electron chi connectivity index (χ1n) is 14.8. The van der Waals surface area contributed by atoms with Crippen molar-refractivity contribution >= 4 is 27.6 Å². The van der Waals surface area contributed by atoms with Crippen LogP contribution in [0.4, 0.5) is 13.2 Å². The second-order valence-corrected chi connectivity index (χ2v) is 12.3. The highest BCUT2D eigenvalue weighted by Crippen LogP contribution is 2.45. The van der Waals surface area contributed by atoms with Crippen LogP contribution in [0.1, 0.15) is 61.6 Å². The van der Waals surface area contributed by atoms with E-state index < -0.39 is 23.4 Å². The average molecular weight is 615 g/mol. The van der Waals surface area contributed by atoms with Gasteiger partial charge in [-0.15, -0.1) is 0 Å². The van der Waals surface area contributed by atoms with Crippen LogP contribution < -0.4 is 9.47 Å². The van der Waals surface area contributed by atoms with Gasteiger partial charge in [-0.25, -0.2) is 4.98 Å². The van der Waals surface area contributed by atoms with Crippen LogP contribution in [0.2, 0.25) is 0 Å². The van der Waals surface area contributed by atoms with Crippen LogP contribution >= 0.6 is 0 Å². The molecule has 1 atom stereocenters. The number of aromatic nitrogens is 2. The summed E-state index contributed by atoms with van der Waals surface area (Å²) < 4.78 is 57.9. The maximum Gasteiger partial charge on any atom is 0.416 e. The van der Waals surface area contributed by atoms with Crippen molar-refractivity contribution in [2.75, 3.05) is 6.61 Å². The fraction of sp³-hybridized carbons (Fsp3) is 0.306. The van der Waals surface area contributed by atoms with Gasteiger partial charge in [-0.3, -0.25) is 9.78 Å². The predicted molar refractivity (Wildman–Crippen MR) is 166 cm³/mol. The second kappa shape index (κ2) is 11.5. The zero-order chi connectivity index (χ0) is 32.1. The molecule has 2 aromatic heterocycles. The van der Waals surface area contributed by atoms with Crippen LogP contribution in [0.3, 0.4) is 0 Å². The Balaban J connectivity index is 1.52. The van der Waals surface area contributed by atoms with Gasteiger partial charge >= 0.3 is 6.18 Å². The smallest absolute Gasteiger partial charge is 0.416 e. The number of ether oxygens (including phenoxy) is 3. The van der Waals surface area contributed by atoms with Gasteiger partial charge < -0.3 is 14.2 Å². The second-order valence-electron chi connectivity index (χ2n) is 12.3. The first kappa shape index (κ1) is 30.5. The standard InChI is InChI=1S/C36H33F3N2O4/c1-20-17-27-25(10-12-29(41-27)44-19-22-7-6-8-24(18-22)36(37,38)39)32(30(20)34(21(2)42)45-35(3,4)5)26-9-11-28-31-23(14-16-43-28)13-15-40-33(26)31/h6-13,15,17-18,34H,14,16,19H2,1-5H3/t34-/m1/s1. The molecule has 0 N–H and O–H groups in total. The Kier molecular flexibility index (Phi) is 7.77. The molecule has 232 valence electrons. The molecule has 0 aliphatic carbocycles. The fourth-order valence-electron chi connectivity index (χ4n) is 5.91. The maximum atomic E-state index is 13.2. The number of ketones is 1. The van der Waals surface area contributed by atoms with Gasteiger partial charge in [0.05, 0.1) is 28.8 Å². The number of alkyl halides is 3. The molecular formula is C36H33F3N2O4. The summed E-state index contributed by atoms with van der Waals surface area (Å²) in [5, 5.41) is 1.69. The number of fused-ring (bicyclic) bond motifs is 1. The van der Waals surface area contributed by atoms with Crippen molar-refractivity contribution in [2.45, 2.75) is 65.5 Å². The number of aryl methyl sites for hydroxylation is 1. The molecule has 0 spiro atoms. The summed E-state index contributed by atoms with van der Waals surface area (Å²) in [7, 11) is 0. The molecule has 3 aromatic carbocycles. The highest BCUT2D eigenvalue weighted by Gasteiger charge is 2.32. The van der Waals surface area contributed by atoms with Gasteiger partial charge in [0.2, 0.25) is 5.88 Å². The molecule has 0 amide bonds. The minimum absolute atomic E-state index is 0.0863. The molecule has 0 saturated heterocycles. The molecular weight excluding hydrogens is 581 g/mol. The van der Waals surface area contributed by atoms with Crippen molar-refractivity contribution in [3.05, 3.63) is 94.7 Å². The van der Waals surface area contributed by atoms with Gasteiger partial charge in [0.1, 0.15) is 18.5 Å². The summed E-state index contributed by atoms with van der Waals surface area (Å²) in [5.41, 5.74) is 4.62. The van der Waals surface area contributed by atoms with Crippen LogP contribution in [0.25, 0.3) is 32.9 Å². The molecule has 0 saturated carbocycles. The molecule has 6 rings (SSSR count). The third-order valence-electron chi connectivity index (χ3n) is 7.80. The minimum atomic E-state index is -4.44. The lowest BCUT2D eigenvalue weighted by atomic mass is 9.86. The first-order chi connectivity index (χ1) is 21.3. The Labute approximate surface area is 259 Å². The first-order valence-corrected chi connectivity index (χ1v) is 14.8. The molecule has 9 heteroatoms. The Bertz CT molecular complexity index is 1940. The van der Waals surface area contributed by atoms with E-state index in [1.54, 1.807) is 18.3 Å². The molecule has 0 radical (unpaired) electrons. The summed E-state index contributed by atoms with van der Waals surface area (Å²) in [4.78, 5) is 22.8. The lowest BCUT2D eigenvalue weighted by Crippen LogP contribution is -2.27. The van der Waals surface area contributed by atoms with Crippen molar-refractivity contribution in [3.63, 3.8) is 0 Å². The monoisotopic (exact) mass is 614 g/mol. The number of hydrogen-bond donors (Lipinski definition) is 0. The SMILES string of the molecule is CC(=O)[C@@H](OC(C)(C)C)c1c(C)cc2nc(OCc3cccc(C(F)(F)F)c3)ccc2c1-c1ccc2c3c(ccnc13)CCO2. The summed E-state index contributed by atoms with van der Waals surface area (Å²) in [6.45, 7) is 9.68.